The molecular weight excluding hydrogens is 567 g/mol. The SMILES string of the molecule is [C-]#[N+]c1cccc(Cl)c1Cl.[Pd].c1ccc([As](c2ccccc2)c2ccccc2)cc1. The van der Waals surface area contributed by atoms with E-state index in [0.717, 1.165) is 0 Å². The third-order valence-electron chi connectivity index (χ3n) is 4.09. The molecule has 1 nitrogen and oxygen atoms in total. The Kier molecular flexibility index (Phi) is 10.4. The van der Waals surface area contributed by atoms with Gasteiger partial charge in [-0.25, -0.2) is 4.85 Å². The number of halogens is 2. The molecule has 0 spiro atoms. The Morgan fingerprint density at radius 2 is 0.967 bits per heavy atom. The summed E-state index contributed by atoms with van der Waals surface area (Å²) in [5.41, 5.74) is 0.397. The molecule has 0 amide bonds. The van der Waals surface area contributed by atoms with Crippen molar-refractivity contribution < 1.29 is 20.4 Å². The Balaban J connectivity index is 0.000000249. The van der Waals surface area contributed by atoms with Gasteiger partial charge in [-0.3, -0.25) is 0 Å². The normalized spacial score (nSPS) is 9.67. The van der Waals surface area contributed by atoms with Crippen molar-refractivity contribution in [2.75, 3.05) is 0 Å². The second-order valence-electron chi connectivity index (χ2n) is 6.03. The van der Waals surface area contributed by atoms with Gasteiger partial charge in [0.1, 0.15) is 0 Å². The molecule has 0 fully saturated rings. The second kappa shape index (κ2) is 12.8. The average Bonchev–Trinajstić information content (AvgIpc) is 2.79. The average molecular weight is 585 g/mol. The van der Waals surface area contributed by atoms with Crippen LogP contribution in [0.25, 0.3) is 4.85 Å². The minimum absolute atomic E-state index is 0. The van der Waals surface area contributed by atoms with E-state index in [9.17, 15) is 0 Å². The molecule has 0 saturated heterocycles. The molecule has 4 aromatic rings. The van der Waals surface area contributed by atoms with Crippen LogP contribution >= 0.6 is 23.2 Å². The molecule has 4 aromatic carbocycles. The maximum absolute atomic E-state index is 6.66. The summed E-state index contributed by atoms with van der Waals surface area (Å²) in [5, 5.41) is 0.759. The van der Waals surface area contributed by atoms with Crippen LogP contribution in [0.2, 0.25) is 10.0 Å². The van der Waals surface area contributed by atoms with E-state index in [2.05, 4.69) is 95.8 Å². The zero-order valence-electron chi connectivity index (χ0n) is 15.9. The molecule has 4 rings (SSSR count). The fourth-order valence-electron chi connectivity index (χ4n) is 2.76. The molecule has 0 aliphatic rings. The second-order valence-corrected chi connectivity index (χ2v) is 11.5. The van der Waals surface area contributed by atoms with E-state index in [4.69, 9.17) is 29.8 Å². The van der Waals surface area contributed by atoms with Gasteiger partial charge in [0.25, 0.3) is 0 Å². The van der Waals surface area contributed by atoms with Crippen LogP contribution in [0, 0.1) is 6.57 Å². The van der Waals surface area contributed by atoms with Gasteiger partial charge in [-0.15, -0.1) is 0 Å². The van der Waals surface area contributed by atoms with Crippen LogP contribution in [0.3, 0.4) is 0 Å². The third-order valence-corrected chi connectivity index (χ3v) is 10.0. The van der Waals surface area contributed by atoms with Crippen molar-refractivity contribution in [3.8, 4) is 0 Å². The topological polar surface area (TPSA) is 4.36 Å². The van der Waals surface area contributed by atoms with Crippen molar-refractivity contribution in [2.45, 2.75) is 0 Å². The van der Waals surface area contributed by atoms with Crippen molar-refractivity contribution in [3.63, 3.8) is 0 Å². The predicted molar refractivity (Wildman–Crippen MR) is 127 cm³/mol. The molecule has 0 unspecified atom stereocenters. The van der Waals surface area contributed by atoms with Gasteiger partial charge in [0.05, 0.1) is 11.6 Å². The Morgan fingerprint density at radius 1 is 0.567 bits per heavy atom. The Morgan fingerprint density at radius 3 is 1.30 bits per heavy atom. The van der Waals surface area contributed by atoms with Gasteiger partial charge in [0.2, 0.25) is 5.69 Å². The van der Waals surface area contributed by atoms with E-state index in [0.29, 0.717) is 15.7 Å². The number of nitrogens with zero attached hydrogens (tertiary/aromatic N) is 1. The summed E-state index contributed by atoms with van der Waals surface area (Å²) in [4.78, 5) is 3.16. The van der Waals surface area contributed by atoms with Crippen LogP contribution in [0.1, 0.15) is 0 Å². The number of benzene rings is 4. The van der Waals surface area contributed by atoms with E-state index < -0.39 is 14.7 Å². The number of rotatable bonds is 3. The first kappa shape index (κ1) is 24.4. The zero-order chi connectivity index (χ0) is 20.5. The molecule has 30 heavy (non-hydrogen) atoms. The summed E-state index contributed by atoms with van der Waals surface area (Å²) < 4.78 is 4.44. The molecule has 0 heterocycles. The number of hydrogen-bond donors (Lipinski definition) is 0. The van der Waals surface area contributed by atoms with E-state index >= 15 is 0 Å². The molecule has 0 aliphatic heterocycles. The summed E-state index contributed by atoms with van der Waals surface area (Å²) in [6.07, 6.45) is 0. The van der Waals surface area contributed by atoms with Crippen molar-refractivity contribution in [2.24, 2.45) is 0 Å². The predicted octanol–water partition coefficient (Wildman–Crippen LogP) is 5.74. The van der Waals surface area contributed by atoms with E-state index in [1.807, 2.05) is 0 Å². The Hall–Kier alpha value is -1.83. The number of hydrogen-bond acceptors (Lipinski definition) is 0. The van der Waals surface area contributed by atoms with Crippen molar-refractivity contribution in [1.29, 1.82) is 0 Å². The van der Waals surface area contributed by atoms with Gasteiger partial charge >= 0.3 is 119 Å². The summed E-state index contributed by atoms with van der Waals surface area (Å²) in [6, 6.07) is 37.7. The van der Waals surface area contributed by atoms with Crippen LogP contribution in [-0.2, 0) is 20.4 Å². The first-order chi connectivity index (χ1) is 14.2. The quantitative estimate of drug-likeness (QED) is 0.214. The van der Waals surface area contributed by atoms with Crippen LogP contribution in [-0.4, -0.2) is 14.7 Å². The first-order valence-corrected chi connectivity index (χ1v) is 12.5. The maximum atomic E-state index is 6.66. The van der Waals surface area contributed by atoms with Gasteiger partial charge in [0, 0.05) is 25.4 Å². The standard InChI is InChI=1S/C18H15As.C7H3Cl2N.Pd/c1-4-10-16(11-5-1)19(17-12-6-2-7-13-17)18-14-8-3-9-15-18;1-10-6-4-2-3-5(8)7(6)9;/h1-15H;2-4H;. The molecule has 0 aromatic heterocycles. The summed E-state index contributed by atoms with van der Waals surface area (Å²) >= 11 is 9.88. The minimum atomic E-state index is -1.39. The molecule has 152 valence electrons. The molecule has 0 radical (unpaired) electrons. The van der Waals surface area contributed by atoms with E-state index in [1.54, 1.807) is 18.2 Å². The molecule has 0 atom stereocenters. The third kappa shape index (κ3) is 6.59. The molecule has 0 N–H and O–H groups in total. The Labute approximate surface area is 206 Å². The van der Waals surface area contributed by atoms with Crippen molar-refractivity contribution >= 4 is 56.6 Å². The summed E-state index contributed by atoms with van der Waals surface area (Å²) in [6.45, 7) is 6.66. The molecule has 0 bridgehead atoms. The van der Waals surface area contributed by atoms with Crippen LogP contribution in [0.4, 0.5) is 5.69 Å². The van der Waals surface area contributed by atoms with Crippen LogP contribution in [0.5, 0.6) is 0 Å². The van der Waals surface area contributed by atoms with Crippen molar-refractivity contribution in [3.05, 3.63) is 131 Å². The Bertz CT molecular complexity index is 991. The molecule has 0 aliphatic carbocycles. The van der Waals surface area contributed by atoms with Gasteiger partial charge in [-0.2, -0.15) is 0 Å². The van der Waals surface area contributed by atoms with E-state index in [-0.39, 0.29) is 20.4 Å². The monoisotopic (exact) mass is 583 g/mol. The summed E-state index contributed by atoms with van der Waals surface area (Å²) in [5.74, 6) is 0. The fraction of sp³-hybridized carbons (Fsp3) is 0. The van der Waals surface area contributed by atoms with Crippen LogP contribution in [0.15, 0.2) is 109 Å². The molecule has 0 saturated carbocycles. The van der Waals surface area contributed by atoms with Gasteiger partial charge < -0.3 is 0 Å². The molecular formula is C25H18AsCl2NPd. The fourth-order valence-corrected chi connectivity index (χ4v) is 7.93. The molecule has 5 heteroatoms. The zero-order valence-corrected chi connectivity index (χ0v) is 20.8. The van der Waals surface area contributed by atoms with E-state index in [1.165, 1.54) is 13.1 Å². The van der Waals surface area contributed by atoms with Gasteiger partial charge in [-0.05, 0) is 6.07 Å². The van der Waals surface area contributed by atoms with Crippen LogP contribution < -0.4 is 13.1 Å². The van der Waals surface area contributed by atoms with Crippen molar-refractivity contribution in [1.82, 2.24) is 0 Å². The summed E-state index contributed by atoms with van der Waals surface area (Å²) in [7, 11) is 0. The first-order valence-electron chi connectivity index (χ1n) is 8.97. The van der Waals surface area contributed by atoms with Gasteiger partial charge in [0.15, 0.2) is 0 Å². The van der Waals surface area contributed by atoms with Gasteiger partial charge in [-0.1, -0.05) is 35.3 Å².